The number of pyridine rings is 1. The number of hydrogen-bond acceptors (Lipinski definition) is 4. The molecule has 2 aromatic heterocycles. The van der Waals surface area contributed by atoms with Gasteiger partial charge in [0.15, 0.2) is 5.82 Å². The fraction of sp³-hybridized carbons (Fsp3) is 0.100. The van der Waals surface area contributed by atoms with Crippen LogP contribution in [0.4, 0.5) is 5.82 Å². The normalized spacial score (nSPS) is 10.1. The number of amides is 1. The molecule has 2 rings (SSSR count). The summed E-state index contributed by atoms with van der Waals surface area (Å²) < 4.78 is 4.82. The van der Waals surface area contributed by atoms with Crippen molar-refractivity contribution in [3.63, 3.8) is 0 Å². The Kier molecular flexibility index (Phi) is 2.87. The van der Waals surface area contributed by atoms with E-state index in [0.29, 0.717) is 17.1 Å². The SMILES string of the molecule is Cc1cc(NC(=O)c2cccnc2Cl)no1. The third-order valence-corrected chi connectivity index (χ3v) is 2.17. The first-order valence-corrected chi connectivity index (χ1v) is 4.90. The molecule has 0 atom stereocenters. The van der Waals surface area contributed by atoms with Gasteiger partial charge in [-0.05, 0) is 19.1 Å². The van der Waals surface area contributed by atoms with Crippen LogP contribution in [0.25, 0.3) is 0 Å². The van der Waals surface area contributed by atoms with Crippen molar-refractivity contribution in [2.75, 3.05) is 5.32 Å². The number of hydrogen-bond donors (Lipinski definition) is 1. The second-order valence-electron chi connectivity index (χ2n) is 3.12. The lowest BCUT2D eigenvalue weighted by Crippen LogP contribution is -2.12. The van der Waals surface area contributed by atoms with Crippen LogP contribution in [-0.2, 0) is 0 Å². The van der Waals surface area contributed by atoms with Crippen LogP contribution < -0.4 is 5.32 Å². The molecule has 1 N–H and O–H groups in total. The number of halogens is 1. The predicted octanol–water partition coefficient (Wildman–Crippen LogP) is 2.28. The van der Waals surface area contributed by atoms with Crippen LogP contribution in [0.3, 0.4) is 0 Å². The minimum Gasteiger partial charge on any atom is -0.360 e. The Hall–Kier alpha value is -1.88. The largest absolute Gasteiger partial charge is 0.360 e. The second-order valence-corrected chi connectivity index (χ2v) is 3.48. The van der Waals surface area contributed by atoms with Gasteiger partial charge in [0.25, 0.3) is 5.91 Å². The summed E-state index contributed by atoms with van der Waals surface area (Å²) in [4.78, 5) is 15.5. The van der Waals surface area contributed by atoms with Crippen LogP contribution in [0.15, 0.2) is 28.9 Å². The van der Waals surface area contributed by atoms with E-state index in [2.05, 4.69) is 15.5 Å². The van der Waals surface area contributed by atoms with Gasteiger partial charge in [-0.3, -0.25) is 4.79 Å². The Balaban J connectivity index is 2.18. The van der Waals surface area contributed by atoms with Crippen LogP contribution in [-0.4, -0.2) is 16.0 Å². The van der Waals surface area contributed by atoms with E-state index in [1.165, 1.54) is 6.20 Å². The van der Waals surface area contributed by atoms with E-state index in [1.807, 2.05) is 0 Å². The lowest BCUT2D eigenvalue weighted by Gasteiger charge is -2.01. The standard InChI is InChI=1S/C10H8ClN3O2/c1-6-5-8(14-16-6)13-10(15)7-3-2-4-12-9(7)11/h2-5H,1H3,(H,13,14,15). The fourth-order valence-electron chi connectivity index (χ4n) is 1.16. The molecule has 82 valence electrons. The minimum absolute atomic E-state index is 0.153. The van der Waals surface area contributed by atoms with Crippen molar-refractivity contribution in [3.8, 4) is 0 Å². The summed E-state index contributed by atoms with van der Waals surface area (Å²) in [5.41, 5.74) is 0.296. The van der Waals surface area contributed by atoms with E-state index in [1.54, 1.807) is 25.1 Å². The average molecular weight is 238 g/mol. The minimum atomic E-state index is -0.369. The number of rotatable bonds is 2. The van der Waals surface area contributed by atoms with Gasteiger partial charge in [0.2, 0.25) is 0 Å². The van der Waals surface area contributed by atoms with E-state index in [-0.39, 0.29) is 11.1 Å². The smallest absolute Gasteiger partial charge is 0.260 e. The summed E-state index contributed by atoms with van der Waals surface area (Å²) in [5.74, 6) is 0.599. The molecule has 5 nitrogen and oxygen atoms in total. The van der Waals surface area contributed by atoms with Crippen molar-refractivity contribution >= 4 is 23.3 Å². The molecule has 0 unspecified atom stereocenters. The van der Waals surface area contributed by atoms with Crippen LogP contribution in [0.1, 0.15) is 16.1 Å². The third-order valence-electron chi connectivity index (χ3n) is 1.87. The third kappa shape index (κ3) is 2.20. The van der Waals surface area contributed by atoms with Crippen molar-refractivity contribution in [1.82, 2.24) is 10.1 Å². The summed E-state index contributed by atoms with van der Waals surface area (Å²) in [7, 11) is 0. The molecule has 0 aliphatic heterocycles. The van der Waals surface area contributed by atoms with Gasteiger partial charge in [0.05, 0.1) is 5.56 Å². The monoisotopic (exact) mass is 237 g/mol. The molecule has 0 saturated carbocycles. The molecule has 0 spiro atoms. The van der Waals surface area contributed by atoms with Crippen LogP contribution in [0, 0.1) is 6.92 Å². The summed E-state index contributed by atoms with van der Waals surface area (Å²) >= 11 is 5.77. The topological polar surface area (TPSA) is 68.0 Å². The van der Waals surface area contributed by atoms with Gasteiger partial charge in [-0.1, -0.05) is 16.8 Å². The number of aromatic nitrogens is 2. The Morgan fingerprint density at radius 1 is 1.56 bits per heavy atom. The van der Waals surface area contributed by atoms with E-state index in [9.17, 15) is 4.79 Å². The second kappa shape index (κ2) is 4.32. The first-order chi connectivity index (χ1) is 7.66. The molecule has 0 aromatic carbocycles. The van der Waals surface area contributed by atoms with Gasteiger partial charge in [0, 0.05) is 12.3 Å². The first kappa shape index (κ1) is 10.6. The van der Waals surface area contributed by atoms with Gasteiger partial charge < -0.3 is 9.84 Å². The van der Waals surface area contributed by atoms with Gasteiger partial charge in [-0.15, -0.1) is 0 Å². The average Bonchev–Trinajstić information content (AvgIpc) is 2.64. The molecule has 0 aliphatic rings. The number of anilines is 1. The van der Waals surface area contributed by atoms with E-state index in [0.717, 1.165) is 0 Å². The zero-order chi connectivity index (χ0) is 11.5. The van der Waals surface area contributed by atoms with Gasteiger partial charge in [-0.2, -0.15) is 0 Å². The quantitative estimate of drug-likeness (QED) is 0.814. The number of nitrogens with zero attached hydrogens (tertiary/aromatic N) is 2. The maximum Gasteiger partial charge on any atom is 0.260 e. The van der Waals surface area contributed by atoms with Crippen molar-refractivity contribution in [2.45, 2.75) is 6.92 Å². The molecule has 2 aromatic rings. The zero-order valence-electron chi connectivity index (χ0n) is 8.40. The Labute approximate surface area is 96.4 Å². The highest BCUT2D eigenvalue weighted by molar-refractivity contribution is 6.33. The Morgan fingerprint density at radius 2 is 2.38 bits per heavy atom. The molecular formula is C10H8ClN3O2. The number of nitrogens with one attached hydrogen (secondary N) is 1. The Bertz CT molecular complexity index is 524. The Morgan fingerprint density at radius 3 is 3.00 bits per heavy atom. The summed E-state index contributed by atoms with van der Waals surface area (Å²) in [6.45, 7) is 1.74. The summed E-state index contributed by atoms with van der Waals surface area (Å²) in [6.07, 6.45) is 1.51. The van der Waals surface area contributed by atoms with Crippen LogP contribution in [0.2, 0.25) is 5.15 Å². The van der Waals surface area contributed by atoms with Crippen molar-refractivity contribution in [1.29, 1.82) is 0 Å². The highest BCUT2D eigenvalue weighted by Gasteiger charge is 2.12. The molecule has 0 fully saturated rings. The van der Waals surface area contributed by atoms with E-state index < -0.39 is 0 Å². The number of carbonyl (C=O) groups excluding carboxylic acids is 1. The highest BCUT2D eigenvalue weighted by Crippen LogP contribution is 2.14. The molecule has 1 amide bonds. The number of carbonyl (C=O) groups is 1. The first-order valence-electron chi connectivity index (χ1n) is 4.52. The molecule has 0 bridgehead atoms. The molecule has 0 aliphatic carbocycles. The van der Waals surface area contributed by atoms with Crippen LogP contribution in [0.5, 0.6) is 0 Å². The molecule has 6 heteroatoms. The van der Waals surface area contributed by atoms with Gasteiger partial charge in [0.1, 0.15) is 10.9 Å². The van der Waals surface area contributed by atoms with Gasteiger partial charge in [-0.25, -0.2) is 4.98 Å². The molecule has 0 radical (unpaired) electrons. The highest BCUT2D eigenvalue weighted by atomic mass is 35.5. The van der Waals surface area contributed by atoms with Crippen molar-refractivity contribution < 1.29 is 9.32 Å². The summed E-state index contributed by atoms with van der Waals surface area (Å²) in [6, 6.07) is 4.83. The van der Waals surface area contributed by atoms with Gasteiger partial charge >= 0.3 is 0 Å². The lowest BCUT2D eigenvalue weighted by molar-refractivity contribution is 0.102. The van der Waals surface area contributed by atoms with E-state index in [4.69, 9.17) is 16.1 Å². The maximum atomic E-state index is 11.7. The molecule has 2 heterocycles. The zero-order valence-corrected chi connectivity index (χ0v) is 9.15. The van der Waals surface area contributed by atoms with Crippen molar-refractivity contribution in [2.24, 2.45) is 0 Å². The maximum absolute atomic E-state index is 11.7. The molecule has 0 saturated heterocycles. The molecule has 16 heavy (non-hydrogen) atoms. The summed E-state index contributed by atoms with van der Waals surface area (Å²) in [5, 5.41) is 6.35. The molecular weight excluding hydrogens is 230 g/mol. The van der Waals surface area contributed by atoms with E-state index >= 15 is 0 Å². The van der Waals surface area contributed by atoms with Crippen LogP contribution >= 0.6 is 11.6 Å². The van der Waals surface area contributed by atoms with Crippen molar-refractivity contribution in [3.05, 3.63) is 40.9 Å². The lowest BCUT2D eigenvalue weighted by atomic mass is 10.2. The predicted molar refractivity (Wildman–Crippen MR) is 58.4 cm³/mol. The number of aryl methyl sites for hydroxylation is 1. The fourth-order valence-corrected chi connectivity index (χ4v) is 1.37.